The third-order valence-corrected chi connectivity index (χ3v) is 6.55. The zero-order valence-corrected chi connectivity index (χ0v) is 20.1. The van der Waals surface area contributed by atoms with Gasteiger partial charge in [-0.2, -0.15) is 0 Å². The monoisotopic (exact) mass is 500 g/mol. The second-order valence-corrected chi connectivity index (χ2v) is 8.77. The number of para-hydroxylation sites is 1. The molecule has 1 aromatic heterocycles. The van der Waals surface area contributed by atoms with Crippen molar-refractivity contribution in [1.29, 1.82) is 0 Å². The lowest BCUT2D eigenvalue weighted by atomic mass is 9.94. The standard InChI is InChI=1S/C29H25FN2O5/c1-2-37-24-15-18(9-12-23(24)33)26-25(27(34)17-7-10-20(30)11-8-17)28(35)29(36)32(26)14-13-19-16-31-22-6-4-3-5-21(19)22/h3-12,15-16,26,31,33-34H,2,13-14H2,1H3/b27-25+. The summed E-state index contributed by atoms with van der Waals surface area (Å²) in [6.45, 7) is 2.27. The number of ketones is 1. The van der Waals surface area contributed by atoms with Gasteiger partial charge in [0, 0.05) is 29.2 Å². The second-order valence-electron chi connectivity index (χ2n) is 8.77. The number of carbonyl (C=O) groups excluding carboxylic acids is 2. The zero-order valence-electron chi connectivity index (χ0n) is 20.1. The van der Waals surface area contributed by atoms with E-state index in [1.165, 1.54) is 35.2 Å². The van der Waals surface area contributed by atoms with E-state index in [1.54, 1.807) is 19.1 Å². The SMILES string of the molecule is CCOc1cc(C2/C(=C(\O)c3ccc(F)cc3)C(=O)C(=O)N2CCc2c[nH]c3ccccc23)ccc1O. The molecule has 1 saturated heterocycles. The molecule has 4 aromatic rings. The number of rotatable bonds is 7. The van der Waals surface area contributed by atoms with E-state index in [1.807, 2.05) is 30.5 Å². The summed E-state index contributed by atoms with van der Waals surface area (Å²) in [5.41, 5.74) is 2.54. The summed E-state index contributed by atoms with van der Waals surface area (Å²) in [6.07, 6.45) is 2.34. The number of aromatic amines is 1. The van der Waals surface area contributed by atoms with E-state index in [9.17, 15) is 24.2 Å². The van der Waals surface area contributed by atoms with Gasteiger partial charge in [-0.15, -0.1) is 0 Å². The Morgan fingerprint density at radius 1 is 1.08 bits per heavy atom. The number of aromatic nitrogens is 1. The van der Waals surface area contributed by atoms with Crippen LogP contribution < -0.4 is 4.74 Å². The highest BCUT2D eigenvalue weighted by Gasteiger charge is 2.46. The molecule has 1 unspecified atom stereocenters. The lowest BCUT2D eigenvalue weighted by Crippen LogP contribution is -2.31. The molecule has 1 fully saturated rings. The molecule has 1 aliphatic rings. The average molecular weight is 501 g/mol. The normalized spacial score (nSPS) is 17.0. The summed E-state index contributed by atoms with van der Waals surface area (Å²) in [6, 6.07) is 16.5. The number of aromatic hydroxyl groups is 1. The molecule has 2 heterocycles. The van der Waals surface area contributed by atoms with E-state index in [-0.39, 0.29) is 29.2 Å². The average Bonchev–Trinajstić information content (AvgIpc) is 3.42. The molecule has 1 amide bonds. The van der Waals surface area contributed by atoms with Crippen molar-refractivity contribution >= 4 is 28.4 Å². The number of nitrogens with one attached hydrogen (secondary N) is 1. The number of carbonyl (C=O) groups is 2. The van der Waals surface area contributed by atoms with Gasteiger partial charge in [0.1, 0.15) is 11.6 Å². The number of ether oxygens (including phenoxy) is 1. The molecular formula is C29H25FN2O5. The minimum absolute atomic E-state index is 0.0834. The number of fused-ring (bicyclic) bond motifs is 1. The van der Waals surface area contributed by atoms with Crippen molar-refractivity contribution in [2.75, 3.05) is 13.2 Å². The van der Waals surface area contributed by atoms with E-state index >= 15 is 0 Å². The molecule has 3 N–H and O–H groups in total. The van der Waals surface area contributed by atoms with Crippen LogP contribution in [-0.2, 0) is 16.0 Å². The van der Waals surface area contributed by atoms with Crippen LogP contribution in [0, 0.1) is 5.82 Å². The van der Waals surface area contributed by atoms with Crippen molar-refractivity contribution < 1.29 is 28.9 Å². The first-order valence-corrected chi connectivity index (χ1v) is 11.9. The fourth-order valence-corrected chi connectivity index (χ4v) is 4.77. The summed E-state index contributed by atoms with van der Waals surface area (Å²) in [5, 5.41) is 22.4. The lowest BCUT2D eigenvalue weighted by molar-refractivity contribution is -0.139. The fraction of sp³-hybridized carbons (Fsp3) is 0.172. The smallest absolute Gasteiger partial charge is 0.295 e. The van der Waals surface area contributed by atoms with Gasteiger partial charge < -0.3 is 24.8 Å². The van der Waals surface area contributed by atoms with Crippen LogP contribution in [-0.4, -0.2) is 44.9 Å². The first-order chi connectivity index (χ1) is 17.9. The van der Waals surface area contributed by atoms with Gasteiger partial charge in [-0.05, 0) is 66.9 Å². The maximum atomic E-state index is 13.5. The quantitative estimate of drug-likeness (QED) is 0.187. The summed E-state index contributed by atoms with van der Waals surface area (Å²) in [5.74, 6) is -2.36. The molecule has 188 valence electrons. The molecule has 0 spiro atoms. The number of nitrogens with zero attached hydrogens (tertiary/aromatic N) is 1. The minimum atomic E-state index is -0.935. The largest absolute Gasteiger partial charge is 0.507 e. The van der Waals surface area contributed by atoms with Crippen LogP contribution in [0.25, 0.3) is 16.7 Å². The Hall–Kier alpha value is -4.59. The highest BCUT2D eigenvalue weighted by molar-refractivity contribution is 6.46. The van der Waals surface area contributed by atoms with Crippen molar-refractivity contribution in [3.8, 4) is 11.5 Å². The van der Waals surface area contributed by atoms with Crippen LogP contribution >= 0.6 is 0 Å². The Bertz CT molecular complexity index is 1520. The fourth-order valence-electron chi connectivity index (χ4n) is 4.77. The van der Waals surface area contributed by atoms with Gasteiger partial charge in [0.05, 0.1) is 18.2 Å². The van der Waals surface area contributed by atoms with E-state index in [0.717, 1.165) is 16.5 Å². The van der Waals surface area contributed by atoms with Crippen LogP contribution in [0.4, 0.5) is 4.39 Å². The number of halogens is 1. The highest BCUT2D eigenvalue weighted by Crippen LogP contribution is 2.42. The first-order valence-electron chi connectivity index (χ1n) is 11.9. The van der Waals surface area contributed by atoms with Crippen LogP contribution in [0.5, 0.6) is 11.5 Å². The molecule has 1 atom stereocenters. The van der Waals surface area contributed by atoms with Gasteiger partial charge in [-0.25, -0.2) is 4.39 Å². The zero-order chi connectivity index (χ0) is 26.1. The number of benzene rings is 3. The second kappa shape index (κ2) is 9.81. The molecule has 3 aromatic carbocycles. The number of H-pyrrole nitrogens is 1. The van der Waals surface area contributed by atoms with E-state index < -0.39 is 29.3 Å². The number of likely N-dealkylation sites (tertiary alicyclic amines) is 1. The van der Waals surface area contributed by atoms with E-state index in [2.05, 4.69) is 4.98 Å². The molecular weight excluding hydrogens is 475 g/mol. The number of phenols is 1. The van der Waals surface area contributed by atoms with Crippen LogP contribution in [0.1, 0.15) is 29.7 Å². The van der Waals surface area contributed by atoms with Gasteiger partial charge in [-0.1, -0.05) is 24.3 Å². The maximum Gasteiger partial charge on any atom is 0.295 e. The number of amides is 1. The summed E-state index contributed by atoms with van der Waals surface area (Å²) < 4.78 is 19.0. The van der Waals surface area contributed by atoms with Gasteiger partial charge in [-0.3, -0.25) is 9.59 Å². The molecule has 0 aliphatic carbocycles. The number of hydrogen-bond acceptors (Lipinski definition) is 5. The summed E-state index contributed by atoms with van der Waals surface area (Å²) >= 11 is 0. The number of aliphatic hydroxyl groups is 1. The summed E-state index contributed by atoms with van der Waals surface area (Å²) in [4.78, 5) is 31.2. The molecule has 0 bridgehead atoms. The van der Waals surface area contributed by atoms with Crippen molar-refractivity contribution in [1.82, 2.24) is 9.88 Å². The molecule has 5 rings (SSSR count). The third kappa shape index (κ3) is 4.42. The first kappa shape index (κ1) is 24.1. The number of Topliss-reactive ketones (excluding diaryl/α,β-unsaturated/α-hetero) is 1. The van der Waals surface area contributed by atoms with E-state index in [0.29, 0.717) is 18.6 Å². The van der Waals surface area contributed by atoms with Gasteiger partial charge in [0.2, 0.25) is 0 Å². The van der Waals surface area contributed by atoms with Gasteiger partial charge in [0.25, 0.3) is 11.7 Å². The summed E-state index contributed by atoms with van der Waals surface area (Å²) in [7, 11) is 0. The van der Waals surface area contributed by atoms with Crippen molar-refractivity contribution in [2.24, 2.45) is 0 Å². The Balaban J connectivity index is 1.59. The predicted molar refractivity (Wildman–Crippen MR) is 137 cm³/mol. The molecule has 7 nitrogen and oxygen atoms in total. The van der Waals surface area contributed by atoms with Gasteiger partial charge >= 0.3 is 0 Å². The van der Waals surface area contributed by atoms with Crippen LogP contribution in [0.3, 0.4) is 0 Å². The molecule has 8 heteroatoms. The Morgan fingerprint density at radius 3 is 2.59 bits per heavy atom. The molecule has 1 aliphatic heterocycles. The Kier molecular flexibility index (Phi) is 6.40. The van der Waals surface area contributed by atoms with Crippen molar-refractivity contribution in [3.63, 3.8) is 0 Å². The Labute approximate surface area is 212 Å². The lowest BCUT2D eigenvalue weighted by Gasteiger charge is -2.26. The number of phenolic OH excluding ortho intramolecular Hbond substituents is 1. The topological polar surface area (TPSA) is 103 Å². The third-order valence-electron chi connectivity index (χ3n) is 6.55. The molecule has 37 heavy (non-hydrogen) atoms. The Morgan fingerprint density at radius 2 is 1.84 bits per heavy atom. The maximum absolute atomic E-state index is 13.5. The minimum Gasteiger partial charge on any atom is -0.507 e. The number of hydrogen-bond donors (Lipinski definition) is 3. The van der Waals surface area contributed by atoms with Crippen LogP contribution in [0.15, 0.2) is 78.5 Å². The van der Waals surface area contributed by atoms with Gasteiger partial charge in [0.15, 0.2) is 11.5 Å². The molecule has 0 radical (unpaired) electrons. The molecule has 0 saturated carbocycles. The van der Waals surface area contributed by atoms with Crippen molar-refractivity contribution in [3.05, 3.63) is 101 Å². The highest BCUT2D eigenvalue weighted by atomic mass is 19.1. The predicted octanol–water partition coefficient (Wildman–Crippen LogP) is 5.08. The number of aliphatic hydroxyl groups excluding tert-OH is 1. The van der Waals surface area contributed by atoms with Crippen molar-refractivity contribution in [2.45, 2.75) is 19.4 Å². The van der Waals surface area contributed by atoms with Crippen LogP contribution in [0.2, 0.25) is 0 Å². The van der Waals surface area contributed by atoms with E-state index in [4.69, 9.17) is 4.74 Å².